The van der Waals surface area contributed by atoms with Gasteiger partial charge in [-0.2, -0.15) is 0 Å². The molecule has 2 fully saturated rings. The van der Waals surface area contributed by atoms with Crippen LogP contribution in [-0.2, 0) is 14.2 Å². The summed E-state index contributed by atoms with van der Waals surface area (Å²) in [5, 5.41) is 11.6. The van der Waals surface area contributed by atoms with Gasteiger partial charge in [0.2, 0.25) is 0 Å². The third-order valence-electron chi connectivity index (χ3n) is 2.58. The van der Waals surface area contributed by atoms with Gasteiger partial charge in [0.25, 0.3) is 0 Å². The molecule has 0 amide bonds. The number of aliphatic hydroxyl groups excluding tert-OH is 1. The molecule has 2 rings (SSSR count). The van der Waals surface area contributed by atoms with Crippen molar-refractivity contribution in [2.75, 3.05) is 0 Å². The Bertz CT molecular complexity index is 299. The summed E-state index contributed by atoms with van der Waals surface area (Å²) in [4.78, 5) is 0. The number of hydrogen-bond acceptors (Lipinski definition) is 4. The molecule has 4 atom stereocenters. The van der Waals surface area contributed by atoms with Crippen molar-refractivity contribution in [3.05, 3.63) is 0 Å². The molecule has 0 unspecified atom stereocenters. The molecule has 0 bridgehead atoms. The van der Waals surface area contributed by atoms with Crippen LogP contribution in [0, 0.1) is 12.3 Å². The van der Waals surface area contributed by atoms with E-state index in [-0.39, 0.29) is 12.2 Å². The van der Waals surface area contributed by atoms with Crippen molar-refractivity contribution in [1.82, 2.24) is 0 Å². The Hall–Kier alpha value is -0.0805. The molecule has 0 radical (unpaired) electrons. The number of aliphatic hydroxyl groups is 1. The predicted molar refractivity (Wildman–Crippen MR) is 58.9 cm³/mol. The van der Waals surface area contributed by atoms with Gasteiger partial charge in [-0.15, -0.1) is 0 Å². The summed E-state index contributed by atoms with van der Waals surface area (Å²) in [5.74, 6) is 1.94. The molecule has 0 saturated carbocycles. The maximum atomic E-state index is 10.0. The van der Waals surface area contributed by atoms with E-state index in [2.05, 4.69) is 5.92 Å². The van der Waals surface area contributed by atoms with E-state index in [1.165, 1.54) is 0 Å². The quantitative estimate of drug-likeness (QED) is 0.464. The molecular weight excluding hydrogens is 275 g/mol. The zero-order valence-electron chi connectivity index (χ0n) is 9.38. The van der Waals surface area contributed by atoms with Crippen molar-refractivity contribution in [2.24, 2.45) is 0 Å². The van der Waals surface area contributed by atoms with Gasteiger partial charge in [0, 0.05) is 0 Å². The Morgan fingerprint density at radius 3 is 2.81 bits per heavy atom. The molecule has 2 saturated heterocycles. The van der Waals surface area contributed by atoms with E-state index in [0.717, 1.165) is 10.6 Å². The summed E-state index contributed by atoms with van der Waals surface area (Å²) in [5.41, 5.74) is 0. The summed E-state index contributed by atoms with van der Waals surface area (Å²) in [6, 6.07) is 0. The molecular formula is C11H16O4Se. The van der Waals surface area contributed by atoms with Crippen LogP contribution in [-0.4, -0.2) is 50.5 Å². The van der Waals surface area contributed by atoms with E-state index < -0.39 is 18.2 Å². The molecule has 4 nitrogen and oxygen atoms in total. The van der Waals surface area contributed by atoms with Crippen LogP contribution < -0.4 is 0 Å². The van der Waals surface area contributed by atoms with E-state index in [1.807, 2.05) is 13.8 Å². The normalized spacial score (nSPS) is 40.6. The number of ether oxygens (including phenoxy) is 3. The van der Waals surface area contributed by atoms with Crippen LogP contribution in [0.3, 0.4) is 0 Å². The van der Waals surface area contributed by atoms with E-state index in [0.29, 0.717) is 15.0 Å². The first kappa shape index (κ1) is 12.4. The van der Waals surface area contributed by atoms with Gasteiger partial charge in [-0.25, -0.2) is 0 Å². The van der Waals surface area contributed by atoms with Gasteiger partial charge < -0.3 is 0 Å². The van der Waals surface area contributed by atoms with Gasteiger partial charge in [-0.1, -0.05) is 0 Å². The average Bonchev–Trinajstić information content (AvgIpc) is 2.63. The number of fused-ring (bicyclic) bond motifs is 1. The third-order valence-corrected chi connectivity index (χ3v) is 4.54. The van der Waals surface area contributed by atoms with Crippen molar-refractivity contribution in [3.63, 3.8) is 0 Å². The van der Waals surface area contributed by atoms with Crippen LogP contribution in [0.2, 0.25) is 10.6 Å². The molecule has 1 N–H and O–H groups in total. The first-order chi connectivity index (χ1) is 7.53. The second-order valence-electron chi connectivity index (χ2n) is 4.35. The van der Waals surface area contributed by atoms with Crippen LogP contribution in [0.5, 0.6) is 0 Å². The summed E-state index contributed by atoms with van der Waals surface area (Å²) >= 11 is 0.314. The zero-order chi connectivity index (χ0) is 11.8. The Morgan fingerprint density at radius 1 is 1.44 bits per heavy atom. The van der Waals surface area contributed by atoms with Crippen molar-refractivity contribution >= 4 is 15.0 Å². The van der Waals surface area contributed by atoms with Crippen molar-refractivity contribution in [1.29, 1.82) is 0 Å². The van der Waals surface area contributed by atoms with Crippen LogP contribution in [0.25, 0.3) is 0 Å². The average molecular weight is 291 g/mol. The van der Waals surface area contributed by atoms with E-state index >= 15 is 0 Å². The van der Waals surface area contributed by atoms with E-state index in [9.17, 15) is 5.11 Å². The Labute approximate surface area is 102 Å². The summed E-state index contributed by atoms with van der Waals surface area (Å²) < 4.78 is 16.8. The summed E-state index contributed by atoms with van der Waals surface area (Å²) in [6.07, 6.45) is 3.59. The van der Waals surface area contributed by atoms with Crippen molar-refractivity contribution < 1.29 is 19.3 Å². The first-order valence-corrected chi connectivity index (χ1v) is 7.66. The monoisotopic (exact) mass is 292 g/mol. The van der Waals surface area contributed by atoms with Crippen LogP contribution in [0.4, 0.5) is 0 Å². The number of rotatable bonds is 3. The molecule has 0 aliphatic carbocycles. The van der Waals surface area contributed by atoms with Gasteiger partial charge in [0.15, 0.2) is 0 Å². The number of terminal acetylenes is 1. The first-order valence-electron chi connectivity index (χ1n) is 5.24. The fourth-order valence-corrected chi connectivity index (χ4v) is 3.49. The Balaban J connectivity index is 1.88. The van der Waals surface area contributed by atoms with Crippen LogP contribution >= 0.6 is 0 Å². The van der Waals surface area contributed by atoms with Gasteiger partial charge in [0.05, 0.1) is 0 Å². The molecule has 0 aromatic rings. The predicted octanol–water partition coefficient (Wildman–Crippen LogP) is 0.398. The zero-order valence-corrected chi connectivity index (χ0v) is 11.1. The second-order valence-corrected chi connectivity index (χ2v) is 6.51. The molecule has 0 aromatic carbocycles. The molecule has 2 aliphatic rings. The fraction of sp³-hybridized carbons (Fsp3) is 0.818. The topological polar surface area (TPSA) is 47.9 Å². The van der Waals surface area contributed by atoms with Crippen molar-refractivity contribution in [2.45, 2.75) is 54.9 Å². The third kappa shape index (κ3) is 2.43. The minimum atomic E-state index is -0.661. The molecule has 90 valence electrons. The van der Waals surface area contributed by atoms with Crippen molar-refractivity contribution in [3.8, 4) is 12.3 Å². The summed E-state index contributed by atoms with van der Waals surface area (Å²) in [7, 11) is 0. The van der Waals surface area contributed by atoms with Gasteiger partial charge >= 0.3 is 101 Å². The van der Waals surface area contributed by atoms with Crippen LogP contribution in [0.1, 0.15) is 13.8 Å². The fourth-order valence-electron chi connectivity index (χ4n) is 1.93. The Morgan fingerprint density at radius 2 is 2.19 bits per heavy atom. The van der Waals surface area contributed by atoms with Crippen LogP contribution in [0.15, 0.2) is 0 Å². The molecule has 5 heteroatoms. The standard InChI is InChI=1S/C11H16O4Se/c1-4-5-16-6-7-8(12)9-10(13-7)15-11(2,3)14-9/h1,7-10,12H,5-6H2,2-3H3/t7-,8+,9-,10-/m1/s1. The SMILES string of the molecule is C#CC[Se]C[C@H]1O[C@@H]2OC(C)(C)O[C@@H]2[C@H]1O. The van der Waals surface area contributed by atoms with Gasteiger partial charge in [-0.05, 0) is 0 Å². The molecule has 0 aromatic heterocycles. The molecule has 0 spiro atoms. The van der Waals surface area contributed by atoms with E-state index in [1.54, 1.807) is 0 Å². The molecule has 2 heterocycles. The molecule has 2 aliphatic heterocycles. The number of hydrogen-bond donors (Lipinski definition) is 1. The van der Waals surface area contributed by atoms with E-state index in [4.69, 9.17) is 20.6 Å². The minimum absolute atomic E-state index is 0.195. The molecule has 16 heavy (non-hydrogen) atoms. The Kier molecular flexibility index (Phi) is 3.60. The van der Waals surface area contributed by atoms with Gasteiger partial charge in [-0.3, -0.25) is 0 Å². The summed E-state index contributed by atoms with van der Waals surface area (Å²) in [6.45, 7) is 3.64. The van der Waals surface area contributed by atoms with Gasteiger partial charge in [0.1, 0.15) is 0 Å². The maximum absolute atomic E-state index is 10.0. The second kappa shape index (κ2) is 4.66.